The fraction of sp³-hybridized carbons (Fsp3) is 0.136. The van der Waals surface area contributed by atoms with Gasteiger partial charge in [0, 0.05) is 23.6 Å². The Balaban J connectivity index is 1.73. The van der Waals surface area contributed by atoms with Gasteiger partial charge in [0.2, 0.25) is 5.91 Å². The summed E-state index contributed by atoms with van der Waals surface area (Å²) in [7, 11) is 0. The second-order valence-electron chi connectivity index (χ2n) is 6.97. The Morgan fingerprint density at radius 1 is 1.12 bits per heavy atom. The number of benzene rings is 2. The quantitative estimate of drug-likeness (QED) is 0.231. The fourth-order valence-corrected chi connectivity index (χ4v) is 3.24. The van der Waals surface area contributed by atoms with Crippen LogP contribution >= 0.6 is 0 Å². The molecular weight excluding hydrogens is 412 g/mol. The predicted octanol–water partition coefficient (Wildman–Crippen LogP) is 1.60. The SMILES string of the molecule is N=C(N)Nc1cc(C(=O)NCC(=O)NC(CC(=O)O)c2cccnc2)c2ccccc2c1. The predicted molar refractivity (Wildman–Crippen MR) is 119 cm³/mol. The van der Waals surface area contributed by atoms with E-state index in [0.29, 0.717) is 22.2 Å². The molecule has 10 nitrogen and oxygen atoms in total. The van der Waals surface area contributed by atoms with E-state index < -0.39 is 23.8 Å². The number of carbonyl (C=O) groups is 3. The monoisotopic (exact) mass is 434 g/mol. The molecule has 0 saturated heterocycles. The summed E-state index contributed by atoms with van der Waals surface area (Å²) < 4.78 is 0. The molecule has 3 aromatic rings. The number of aliphatic carboxylic acids is 1. The molecule has 3 rings (SSSR count). The topological polar surface area (TPSA) is 170 Å². The minimum Gasteiger partial charge on any atom is -0.481 e. The zero-order chi connectivity index (χ0) is 23.1. The summed E-state index contributed by atoms with van der Waals surface area (Å²) in [5.41, 5.74) is 6.70. The highest BCUT2D eigenvalue weighted by molar-refractivity contribution is 6.10. The molecule has 0 aliphatic rings. The highest BCUT2D eigenvalue weighted by Crippen LogP contribution is 2.24. The number of amides is 2. The second kappa shape index (κ2) is 10.0. The lowest BCUT2D eigenvalue weighted by Gasteiger charge is -2.17. The van der Waals surface area contributed by atoms with Gasteiger partial charge in [0.15, 0.2) is 5.96 Å². The zero-order valence-corrected chi connectivity index (χ0v) is 17.0. The molecule has 0 fully saturated rings. The molecule has 1 aromatic heterocycles. The van der Waals surface area contributed by atoms with Crippen LogP contribution in [0.15, 0.2) is 60.9 Å². The molecule has 1 atom stereocenters. The van der Waals surface area contributed by atoms with Crippen molar-refractivity contribution in [3.63, 3.8) is 0 Å². The third-order valence-electron chi connectivity index (χ3n) is 4.60. The number of nitrogens with zero attached hydrogens (tertiary/aromatic N) is 1. The first-order chi connectivity index (χ1) is 15.3. The Morgan fingerprint density at radius 2 is 1.91 bits per heavy atom. The number of anilines is 1. The van der Waals surface area contributed by atoms with Crippen LogP contribution in [0.2, 0.25) is 0 Å². The molecule has 7 N–H and O–H groups in total. The average Bonchev–Trinajstić information content (AvgIpc) is 2.76. The number of fused-ring (bicyclic) bond motifs is 1. The number of nitrogens with one attached hydrogen (secondary N) is 4. The summed E-state index contributed by atoms with van der Waals surface area (Å²) in [4.78, 5) is 40.4. The minimum absolute atomic E-state index is 0.272. The van der Waals surface area contributed by atoms with E-state index in [0.717, 1.165) is 5.39 Å². The lowest BCUT2D eigenvalue weighted by Crippen LogP contribution is -2.39. The Labute approximate surface area is 183 Å². The van der Waals surface area contributed by atoms with E-state index in [1.54, 1.807) is 42.6 Å². The van der Waals surface area contributed by atoms with Gasteiger partial charge < -0.3 is 26.8 Å². The first-order valence-corrected chi connectivity index (χ1v) is 9.66. The number of guanidine groups is 1. The van der Waals surface area contributed by atoms with Crippen LogP contribution < -0.4 is 21.7 Å². The minimum atomic E-state index is -1.08. The van der Waals surface area contributed by atoms with Crippen LogP contribution in [0.5, 0.6) is 0 Å². The first-order valence-electron chi connectivity index (χ1n) is 9.66. The molecule has 0 radical (unpaired) electrons. The molecule has 2 amide bonds. The molecule has 10 heteroatoms. The second-order valence-corrected chi connectivity index (χ2v) is 6.97. The van der Waals surface area contributed by atoms with E-state index in [9.17, 15) is 14.4 Å². The summed E-state index contributed by atoms with van der Waals surface area (Å²) in [5, 5.41) is 25.8. The maximum absolute atomic E-state index is 12.8. The molecule has 0 saturated carbocycles. The van der Waals surface area contributed by atoms with Crippen molar-refractivity contribution >= 4 is 40.2 Å². The highest BCUT2D eigenvalue weighted by Gasteiger charge is 2.19. The van der Waals surface area contributed by atoms with Gasteiger partial charge in [0.05, 0.1) is 19.0 Å². The molecule has 1 unspecified atom stereocenters. The van der Waals surface area contributed by atoms with Crippen LogP contribution in [-0.2, 0) is 9.59 Å². The lowest BCUT2D eigenvalue weighted by atomic mass is 10.0. The smallest absolute Gasteiger partial charge is 0.305 e. The number of pyridine rings is 1. The largest absolute Gasteiger partial charge is 0.481 e. The van der Waals surface area contributed by atoms with E-state index >= 15 is 0 Å². The van der Waals surface area contributed by atoms with Crippen molar-refractivity contribution in [2.75, 3.05) is 11.9 Å². The van der Waals surface area contributed by atoms with Crippen LogP contribution in [0.4, 0.5) is 5.69 Å². The van der Waals surface area contributed by atoms with Crippen LogP contribution in [0.25, 0.3) is 10.8 Å². The third-order valence-corrected chi connectivity index (χ3v) is 4.60. The van der Waals surface area contributed by atoms with E-state index in [1.807, 2.05) is 12.1 Å². The van der Waals surface area contributed by atoms with Gasteiger partial charge in [-0.15, -0.1) is 0 Å². The number of carbonyl (C=O) groups excluding carboxylic acids is 2. The number of hydrogen-bond acceptors (Lipinski definition) is 5. The van der Waals surface area contributed by atoms with Gasteiger partial charge in [-0.1, -0.05) is 30.3 Å². The molecule has 32 heavy (non-hydrogen) atoms. The van der Waals surface area contributed by atoms with E-state index in [4.69, 9.17) is 16.2 Å². The van der Waals surface area contributed by atoms with Crippen LogP contribution in [0, 0.1) is 5.41 Å². The average molecular weight is 434 g/mol. The zero-order valence-electron chi connectivity index (χ0n) is 17.0. The molecule has 0 bridgehead atoms. The molecule has 0 aliphatic heterocycles. The summed E-state index contributed by atoms with van der Waals surface area (Å²) in [6, 6.07) is 13.0. The van der Waals surface area contributed by atoms with Crippen LogP contribution in [0.1, 0.15) is 28.4 Å². The van der Waals surface area contributed by atoms with Crippen LogP contribution in [0.3, 0.4) is 0 Å². The van der Waals surface area contributed by atoms with Gasteiger partial charge >= 0.3 is 5.97 Å². The maximum atomic E-state index is 12.8. The number of aromatic nitrogens is 1. The summed E-state index contributed by atoms with van der Waals surface area (Å²) in [5.74, 6) is -2.40. The molecule has 1 heterocycles. The van der Waals surface area contributed by atoms with Gasteiger partial charge in [-0.05, 0) is 34.5 Å². The molecule has 0 aliphatic carbocycles. The van der Waals surface area contributed by atoms with E-state index in [2.05, 4.69) is 20.9 Å². The van der Waals surface area contributed by atoms with Gasteiger partial charge in [-0.3, -0.25) is 24.8 Å². The van der Waals surface area contributed by atoms with Crippen LogP contribution in [-0.4, -0.2) is 40.4 Å². The Kier molecular flexibility index (Phi) is 6.96. The van der Waals surface area contributed by atoms with Crippen molar-refractivity contribution in [3.05, 3.63) is 72.1 Å². The van der Waals surface area contributed by atoms with Gasteiger partial charge in [0.1, 0.15) is 0 Å². The van der Waals surface area contributed by atoms with Crippen molar-refractivity contribution < 1.29 is 19.5 Å². The summed E-state index contributed by atoms with van der Waals surface area (Å²) in [6.45, 7) is -0.353. The van der Waals surface area contributed by atoms with E-state index in [-0.39, 0.29) is 18.9 Å². The van der Waals surface area contributed by atoms with Crippen molar-refractivity contribution in [1.82, 2.24) is 15.6 Å². The normalized spacial score (nSPS) is 11.4. The molecular formula is C22H22N6O4. The van der Waals surface area contributed by atoms with Crippen molar-refractivity contribution in [3.8, 4) is 0 Å². The summed E-state index contributed by atoms with van der Waals surface area (Å²) >= 11 is 0. The number of nitrogens with two attached hydrogens (primary N) is 1. The number of carboxylic acids is 1. The third kappa shape index (κ3) is 5.79. The number of hydrogen-bond donors (Lipinski definition) is 6. The lowest BCUT2D eigenvalue weighted by molar-refractivity contribution is -0.137. The van der Waals surface area contributed by atoms with E-state index in [1.165, 1.54) is 6.20 Å². The van der Waals surface area contributed by atoms with Gasteiger partial charge in [-0.25, -0.2) is 0 Å². The number of rotatable bonds is 8. The standard InChI is InChI=1S/C22H22N6O4/c23-22(24)27-15-8-13-4-1-2-6-16(13)17(9-15)21(32)26-12-19(29)28-18(10-20(30)31)14-5-3-7-25-11-14/h1-9,11,18H,10,12H2,(H,26,32)(H,28,29)(H,30,31)(H4,23,24,27). The first kappa shape index (κ1) is 22.2. The Morgan fingerprint density at radius 3 is 2.59 bits per heavy atom. The molecule has 164 valence electrons. The molecule has 2 aromatic carbocycles. The van der Waals surface area contributed by atoms with Crippen molar-refractivity contribution in [2.45, 2.75) is 12.5 Å². The summed E-state index contributed by atoms with van der Waals surface area (Å²) in [6.07, 6.45) is 2.70. The Hall–Kier alpha value is -4.47. The van der Waals surface area contributed by atoms with Crippen molar-refractivity contribution in [1.29, 1.82) is 5.41 Å². The maximum Gasteiger partial charge on any atom is 0.305 e. The molecule has 0 spiro atoms. The number of carboxylic acid groups (broad SMARTS) is 1. The Bertz CT molecular complexity index is 1170. The fourth-order valence-electron chi connectivity index (χ4n) is 3.24. The van der Waals surface area contributed by atoms with Gasteiger partial charge in [0.25, 0.3) is 5.91 Å². The highest BCUT2D eigenvalue weighted by atomic mass is 16.4. The van der Waals surface area contributed by atoms with Gasteiger partial charge in [-0.2, -0.15) is 0 Å². The van der Waals surface area contributed by atoms with Crippen molar-refractivity contribution in [2.24, 2.45) is 5.73 Å².